The van der Waals surface area contributed by atoms with Gasteiger partial charge in [0.05, 0.1) is 30.5 Å². The van der Waals surface area contributed by atoms with Crippen LogP contribution in [0.15, 0.2) is 114 Å². The van der Waals surface area contributed by atoms with Gasteiger partial charge in [0, 0.05) is 40.1 Å². The van der Waals surface area contributed by atoms with Gasteiger partial charge >= 0.3 is 0 Å². The van der Waals surface area contributed by atoms with E-state index in [2.05, 4.69) is 105 Å². The van der Waals surface area contributed by atoms with Crippen molar-refractivity contribution in [1.82, 2.24) is 14.5 Å². The van der Waals surface area contributed by atoms with Crippen molar-refractivity contribution in [3.63, 3.8) is 0 Å². The molecular weight excluding hydrogens is 831 g/mol. The fourth-order valence-corrected chi connectivity index (χ4v) is 8.39. The van der Waals surface area contributed by atoms with E-state index in [4.69, 9.17) is 12.1 Å². The Balaban J connectivity index is 0.000000193. The Morgan fingerprint density at radius 1 is 0.827 bits per heavy atom. The van der Waals surface area contributed by atoms with Crippen molar-refractivity contribution >= 4 is 46.2 Å². The molecular formula is C46H45IrN3OSi-2. The molecule has 8 rings (SSSR count). The van der Waals surface area contributed by atoms with Gasteiger partial charge < -0.3 is 14.0 Å². The largest absolute Gasteiger partial charge is 0.501 e. The molecule has 0 aliphatic carbocycles. The average molecular weight is 878 g/mol. The summed E-state index contributed by atoms with van der Waals surface area (Å²) in [5.74, 6) is 0.763. The van der Waals surface area contributed by atoms with Crippen molar-refractivity contribution in [3.8, 4) is 28.3 Å². The summed E-state index contributed by atoms with van der Waals surface area (Å²) in [7, 11) is -1.67. The monoisotopic (exact) mass is 878 g/mol. The summed E-state index contributed by atoms with van der Waals surface area (Å²) in [5.41, 5.74) is 12.0. The molecule has 3 heterocycles. The number of para-hydroxylation sites is 3. The Kier molecular flexibility index (Phi) is 10.1. The minimum Gasteiger partial charge on any atom is -0.501 e. The number of benzene rings is 5. The number of nitrogens with zero attached hydrogens (tertiary/aromatic N) is 3. The van der Waals surface area contributed by atoms with Gasteiger partial charge in [-0.25, -0.2) is 0 Å². The van der Waals surface area contributed by atoms with E-state index in [9.17, 15) is 0 Å². The van der Waals surface area contributed by atoms with E-state index in [1.54, 1.807) is 0 Å². The molecule has 1 radical (unpaired) electrons. The molecule has 0 amide bonds. The number of rotatable bonds is 6. The van der Waals surface area contributed by atoms with Crippen molar-refractivity contribution in [2.75, 3.05) is 0 Å². The van der Waals surface area contributed by atoms with Crippen molar-refractivity contribution < 1.29 is 27.3 Å². The molecule has 0 aliphatic rings. The van der Waals surface area contributed by atoms with Gasteiger partial charge in [-0.15, -0.1) is 54.1 Å². The van der Waals surface area contributed by atoms with Crippen LogP contribution in [0.3, 0.4) is 0 Å². The maximum Gasteiger partial charge on any atom is 0.120 e. The summed E-state index contributed by atoms with van der Waals surface area (Å²) in [6, 6.07) is 41.2. The zero-order valence-electron chi connectivity index (χ0n) is 33.1. The van der Waals surface area contributed by atoms with Crippen LogP contribution in [-0.4, -0.2) is 22.6 Å². The van der Waals surface area contributed by atoms with Crippen LogP contribution in [0.25, 0.3) is 61.3 Å². The molecule has 0 saturated carbocycles. The van der Waals surface area contributed by atoms with Gasteiger partial charge in [-0.3, -0.25) is 4.98 Å². The molecule has 0 spiro atoms. The van der Waals surface area contributed by atoms with E-state index < -0.39 is 14.4 Å². The minimum atomic E-state index is -1.67. The van der Waals surface area contributed by atoms with Crippen molar-refractivity contribution in [1.29, 1.82) is 0 Å². The first-order chi connectivity index (χ1) is 25.3. The number of furan rings is 1. The molecule has 0 saturated heterocycles. The van der Waals surface area contributed by atoms with E-state index in [1.165, 1.54) is 16.7 Å². The third kappa shape index (κ3) is 7.34. The van der Waals surface area contributed by atoms with Crippen LogP contribution in [0, 0.1) is 38.8 Å². The molecule has 0 aliphatic heterocycles. The molecule has 6 heteroatoms. The fourth-order valence-electron chi connectivity index (χ4n) is 6.99. The molecule has 4 nitrogen and oxygen atoms in total. The second-order valence-electron chi connectivity index (χ2n) is 14.6. The number of hydrogen-bond acceptors (Lipinski definition) is 3. The van der Waals surface area contributed by atoms with Gasteiger partial charge in [0.25, 0.3) is 0 Å². The molecule has 0 N–H and O–H groups in total. The first-order valence-corrected chi connectivity index (χ1v) is 21.1. The molecule has 0 atom stereocenters. The Bertz CT molecular complexity index is 2580. The Labute approximate surface area is 325 Å². The molecule has 52 heavy (non-hydrogen) atoms. The molecule has 0 fully saturated rings. The first-order valence-electron chi connectivity index (χ1n) is 18.6. The molecule has 8 aromatic rings. The van der Waals surface area contributed by atoms with Gasteiger partial charge in [-0.05, 0) is 73.3 Å². The number of pyridine rings is 1. The van der Waals surface area contributed by atoms with Crippen LogP contribution in [-0.2, 0) is 26.5 Å². The quantitative estimate of drug-likeness (QED) is 0.123. The van der Waals surface area contributed by atoms with Crippen molar-refractivity contribution in [2.24, 2.45) is 5.92 Å². The van der Waals surface area contributed by atoms with E-state index in [0.29, 0.717) is 0 Å². The SMILES string of the molecule is Cc1cc(C)c(-n2c(-c3[c-]ccc4c3oc3ccccc34)nc3ccccc32)c(C)c1.[2H]C([2H])(c1cc(-c2[c-]cccc2)ncc1[Si](C)(C)C)C(C)C.[Ir]. The van der Waals surface area contributed by atoms with Gasteiger partial charge in [-0.1, -0.05) is 104 Å². The predicted molar refractivity (Wildman–Crippen MR) is 217 cm³/mol. The average Bonchev–Trinajstić information content (AvgIpc) is 3.70. The number of imidazole rings is 1. The van der Waals surface area contributed by atoms with Crippen LogP contribution in [0.5, 0.6) is 0 Å². The maximum absolute atomic E-state index is 8.55. The predicted octanol–water partition coefficient (Wildman–Crippen LogP) is 11.6. The number of aryl methyl sites for hydroxylation is 3. The maximum atomic E-state index is 8.55. The molecule has 0 unspecified atom stereocenters. The molecule has 265 valence electrons. The number of aromatic nitrogens is 3. The van der Waals surface area contributed by atoms with Crippen molar-refractivity contribution in [3.05, 3.63) is 144 Å². The van der Waals surface area contributed by atoms with Crippen LogP contribution < -0.4 is 5.19 Å². The van der Waals surface area contributed by atoms with E-state index in [1.807, 2.05) is 80.7 Å². The second-order valence-corrected chi connectivity index (χ2v) is 19.7. The minimum absolute atomic E-state index is 0. The summed E-state index contributed by atoms with van der Waals surface area (Å²) in [5, 5.41) is 3.30. The summed E-state index contributed by atoms with van der Waals surface area (Å²) >= 11 is 0. The third-order valence-electron chi connectivity index (χ3n) is 9.12. The Morgan fingerprint density at radius 2 is 1.54 bits per heavy atom. The first kappa shape index (κ1) is 34.5. The normalized spacial score (nSPS) is 12.4. The Hall–Kier alpha value is -4.61. The smallest absolute Gasteiger partial charge is 0.120 e. The van der Waals surface area contributed by atoms with E-state index >= 15 is 0 Å². The number of fused-ring (bicyclic) bond motifs is 4. The topological polar surface area (TPSA) is 43.9 Å². The molecule has 5 aromatic carbocycles. The zero-order chi connectivity index (χ0) is 37.7. The van der Waals surface area contributed by atoms with Gasteiger partial charge in [0.2, 0.25) is 0 Å². The van der Waals surface area contributed by atoms with E-state index in [0.717, 1.165) is 72.1 Å². The summed E-state index contributed by atoms with van der Waals surface area (Å²) in [6.07, 6.45) is 0.528. The number of hydrogen-bond donors (Lipinski definition) is 0. The zero-order valence-corrected chi connectivity index (χ0v) is 34.4. The van der Waals surface area contributed by atoms with Crippen LogP contribution >= 0.6 is 0 Å². The van der Waals surface area contributed by atoms with Crippen LogP contribution in [0.2, 0.25) is 19.6 Å². The van der Waals surface area contributed by atoms with Gasteiger partial charge in [-0.2, -0.15) is 0 Å². The van der Waals surface area contributed by atoms with Gasteiger partial charge in [0.1, 0.15) is 5.58 Å². The van der Waals surface area contributed by atoms with Crippen molar-refractivity contribution in [2.45, 2.75) is 60.6 Å². The third-order valence-corrected chi connectivity index (χ3v) is 11.1. The fraction of sp³-hybridized carbons (Fsp3) is 0.217. The molecule has 0 bridgehead atoms. The second kappa shape index (κ2) is 15.2. The van der Waals surface area contributed by atoms with E-state index in [-0.39, 0.29) is 26.0 Å². The summed E-state index contributed by atoms with van der Waals surface area (Å²) < 4.78 is 25.7. The Morgan fingerprint density at radius 3 is 2.25 bits per heavy atom. The molecule has 3 aromatic heterocycles. The van der Waals surface area contributed by atoms with Gasteiger partial charge in [0.15, 0.2) is 0 Å². The van der Waals surface area contributed by atoms with Crippen LogP contribution in [0.1, 0.15) is 38.8 Å². The summed E-state index contributed by atoms with van der Waals surface area (Å²) in [6.45, 7) is 17.0. The standard InChI is InChI=1S/C28H21N2O.C18H24NSi.Ir/c1-17-15-18(2)26(19(3)16-17)30-24-13-6-5-12-23(24)29-28(30)22-11-8-10-21-20-9-4-7-14-25(20)31-27(21)22;1-14(2)11-16-12-17(15-9-7-6-8-10-15)19-13-18(16)20(3,4)5;/h4-10,12-16H,1-3H3;6-9,12-14H,11H2,1-5H3;/q2*-1;/i;11D2;. The summed E-state index contributed by atoms with van der Waals surface area (Å²) in [4.78, 5) is 9.64. The van der Waals surface area contributed by atoms with Crippen LogP contribution in [0.4, 0.5) is 0 Å².